The Morgan fingerprint density at radius 2 is 1.74 bits per heavy atom. The highest BCUT2D eigenvalue weighted by Gasteiger charge is 2.17. The topological polar surface area (TPSA) is 26.3 Å². The van der Waals surface area contributed by atoms with Gasteiger partial charge in [0.15, 0.2) is 6.10 Å². The number of halogens is 1. The van der Waals surface area contributed by atoms with Crippen LogP contribution in [0.3, 0.4) is 0 Å². The van der Waals surface area contributed by atoms with Gasteiger partial charge in [-0.25, -0.2) is 0 Å². The maximum Gasteiger partial charge on any atom is 0.202 e. The molecule has 0 saturated heterocycles. The minimum atomic E-state index is -0.513. The van der Waals surface area contributed by atoms with Crippen molar-refractivity contribution >= 4 is 21.7 Å². The second-order valence-electron chi connectivity index (χ2n) is 4.42. The van der Waals surface area contributed by atoms with E-state index in [2.05, 4.69) is 15.9 Å². The molecule has 0 N–H and O–H groups in total. The number of benzene rings is 2. The monoisotopic (exact) mass is 318 g/mol. The lowest BCUT2D eigenvalue weighted by Gasteiger charge is -2.14. The summed E-state index contributed by atoms with van der Waals surface area (Å²) >= 11 is 3.40. The zero-order chi connectivity index (χ0) is 13.8. The predicted molar refractivity (Wildman–Crippen MR) is 79.7 cm³/mol. The van der Waals surface area contributed by atoms with Crippen molar-refractivity contribution in [1.82, 2.24) is 0 Å². The number of hydrogen-bond acceptors (Lipinski definition) is 2. The number of para-hydroxylation sites is 1. The van der Waals surface area contributed by atoms with Crippen molar-refractivity contribution in [2.24, 2.45) is 0 Å². The van der Waals surface area contributed by atoms with Gasteiger partial charge in [-0.2, -0.15) is 0 Å². The second kappa shape index (κ2) is 6.02. The summed E-state index contributed by atoms with van der Waals surface area (Å²) in [5.74, 6) is 0.659. The zero-order valence-electron chi connectivity index (χ0n) is 10.9. The summed E-state index contributed by atoms with van der Waals surface area (Å²) in [5.41, 5.74) is 1.81. The van der Waals surface area contributed by atoms with E-state index < -0.39 is 6.10 Å². The number of ether oxygens (including phenoxy) is 1. The molecule has 0 aliphatic rings. The summed E-state index contributed by atoms with van der Waals surface area (Å²) in [6.07, 6.45) is -0.513. The van der Waals surface area contributed by atoms with Gasteiger partial charge < -0.3 is 4.74 Å². The Bertz CT molecular complexity index is 576. The zero-order valence-corrected chi connectivity index (χ0v) is 12.5. The van der Waals surface area contributed by atoms with Crippen LogP contribution in [0.2, 0.25) is 0 Å². The fourth-order valence-corrected chi connectivity index (χ4v) is 2.12. The molecule has 2 aromatic rings. The van der Waals surface area contributed by atoms with Gasteiger partial charge in [-0.05, 0) is 41.9 Å². The molecule has 3 heteroatoms. The standard InChI is InChI=1S/C16H15BrO2/c1-11-7-9-13(10-8-11)16(18)12(2)19-15-6-4-3-5-14(15)17/h3-10,12H,1-2H3/t12-/m0/s1. The lowest BCUT2D eigenvalue weighted by Crippen LogP contribution is -2.24. The van der Waals surface area contributed by atoms with Crippen LogP contribution in [0.5, 0.6) is 5.75 Å². The fraction of sp³-hybridized carbons (Fsp3) is 0.188. The van der Waals surface area contributed by atoms with E-state index >= 15 is 0 Å². The molecule has 98 valence electrons. The van der Waals surface area contributed by atoms with Crippen molar-refractivity contribution in [3.8, 4) is 5.75 Å². The summed E-state index contributed by atoms with van der Waals surface area (Å²) in [6, 6.07) is 15.0. The highest BCUT2D eigenvalue weighted by Crippen LogP contribution is 2.25. The van der Waals surface area contributed by atoms with E-state index in [-0.39, 0.29) is 5.78 Å². The smallest absolute Gasteiger partial charge is 0.202 e. The molecule has 0 aliphatic carbocycles. The van der Waals surface area contributed by atoms with Crippen LogP contribution < -0.4 is 4.74 Å². The molecule has 2 aromatic carbocycles. The number of Topliss-reactive ketones (excluding diaryl/α,β-unsaturated/α-hetero) is 1. The molecule has 19 heavy (non-hydrogen) atoms. The Morgan fingerprint density at radius 3 is 2.37 bits per heavy atom. The number of ketones is 1. The SMILES string of the molecule is Cc1ccc(C(=O)[C@H](C)Oc2ccccc2Br)cc1. The van der Waals surface area contributed by atoms with Crippen LogP contribution in [-0.4, -0.2) is 11.9 Å². The van der Waals surface area contributed by atoms with Crippen molar-refractivity contribution in [3.63, 3.8) is 0 Å². The van der Waals surface area contributed by atoms with E-state index in [1.165, 1.54) is 0 Å². The molecule has 0 heterocycles. The molecule has 0 saturated carbocycles. The average Bonchev–Trinajstić information content (AvgIpc) is 2.41. The molecular formula is C16H15BrO2. The molecule has 1 atom stereocenters. The van der Waals surface area contributed by atoms with Crippen LogP contribution in [0.25, 0.3) is 0 Å². The summed E-state index contributed by atoms with van der Waals surface area (Å²) in [6.45, 7) is 3.76. The van der Waals surface area contributed by atoms with Gasteiger partial charge in [0, 0.05) is 5.56 Å². The Hall–Kier alpha value is -1.61. The van der Waals surface area contributed by atoms with Gasteiger partial charge in [0.2, 0.25) is 5.78 Å². The molecule has 2 nitrogen and oxygen atoms in total. The molecule has 0 spiro atoms. The van der Waals surface area contributed by atoms with Crippen molar-refractivity contribution in [2.75, 3.05) is 0 Å². The molecular weight excluding hydrogens is 304 g/mol. The van der Waals surface area contributed by atoms with Crippen LogP contribution in [-0.2, 0) is 0 Å². The number of carbonyl (C=O) groups is 1. The van der Waals surface area contributed by atoms with E-state index in [4.69, 9.17) is 4.74 Å². The number of aryl methyl sites for hydroxylation is 1. The first-order valence-corrected chi connectivity index (χ1v) is 6.89. The van der Waals surface area contributed by atoms with Gasteiger partial charge >= 0.3 is 0 Å². The van der Waals surface area contributed by atoms with Crippen LogP contribution in [0, 0.1) is 6.92 Å². The summed E-state index contributed by atoms with van der Waals surface area (Å²) in [5, 5.41) is 0. The quantitative estimate of drug-likeness (QED) is 0.781. The van der Waals surface area contributed by atoms with Gasteiger partial charge in [-0.1, -0.05) is 42.0 Å². The third-order valence-corrected chi connectivity index (χ3v) is 3.50. The summed E-state index contributed by atoms with van der Waals surface area (Å²) in [4.78, 5) is 12.2. The van der Waals surface area contributed by atoms with Crippen molar-refractivity contribution < 1.29 is 9.53 Å². The van der Waals surface area contributed by atoms with Gasteiger partial charge in [-0.3, -0.25) is 4.79 Å². The number of rotatable bonds is 4. The van der Waals surface area contributed by atoms with E-state index in [1.54, 1.807) is 6.92 Å². The summed E-state index contributed by atoms with van der Waals surface area (Å²) in [7, 11) is 0. The molecule has 0 radical (unpaired) electrons. The molecule has 0 aliphatic heterocycles. The lowest BCUT2D eigenvalue weighted by atomic mass is 10.1. The van der Waals surface area contributed by atoms with Crippen LogP contribution in [0.15, 0.2) is 53.0 Å². The maximum atomic E-state index is 12.2. The Balaban J connectivity index is 2.12. The first kappa shape index (κ1) is 13.8. The van der Waals surface area contributed by atoms with E-state index in [9.17, 15) is 4.79 Å². The van der Waals surface area contributed by atoms with Crippen molar-refractivity contribution in [3.05, 3.63) is 64.1 Å². The minimum absolute atomic E-state index is 0.0178. The average molecular weight is 319 g/mol. The lowest BCUT2D eigenvalue weighted by molar-refractivity contribution is 0.0817. The van der Waals surface area contributed by atoms with E-state index in [0.29, 0.717) is 11.3 Å². The summed E-state index contributed by atoms with van der Waals surface area (Å²) < 4.78 is 6.54. The minimum Gasteiger partial charge on any atom is -0.481 e. The fourth-order valence-electron chi connectivity index (χ4n) is 1.74. The Kier molecular flexibility index (Phi) is 4.38. The number of hydrogen-bond donors (Lipinski definition) is 0. The van der Waals surface area contributed by atoms with Gasteiger partial charge in [0.1, 0.15) is 5.75 Å². The molecule has 0 unspecified atom stereocenters. The van der Waals surface area contributed by atoms with E-state index in [1.807, 2.05) is 55.5 Å². The van der Waals surface area contributed by atoms with Crippen molar-refractivity contribution in [1.29, 1.82) is 0 Å². The normalized spacial score (nSPS) is 11.9. The highest BCUT2D eigenvalue weighted by atomic mass is 79.9. The molecule has 0 bridgehead atoms. The number of carbonyl (C=O) groups excluding carboxylic acids is 1. The van der Waals surface area contributed by atoms with Crippen LogP contribution in [0.1, 0.15) is 22.8 Å². The van der Waals surface area contributed by atoms with Crippen LogP contribution >= 0.6 is 15.9 Å². The largest absolute Gasteiger partial charge is 0.481 e. The third kappa shape index (κ3) is 3.44. The Labute approximate surface area is 121 Å². The van der Waals surface area contributed by atoms with Crippen molar-refractivity contribution in [2.45, 2.75) is 20.0 Å². The second-order valence-corrected chi connectivity index (χ2v) is 5.28. The third-order valence-electron chi connectivity index (χ3n) is 2.85. The predicted octanol–water partition coefficient (Wildman–Crippen LogP) is 4.41. The molecule has 0 fully saturated rings. The van der Waals surface area contributed by atoms with E-state index in [0.717, 1.165) is 10.0 Å². The molecule has 2 rings (SSSR count). The molecule has 0 amide bonds. The Morgan fingerprint density at radius 1 is 1.11 bits per heavy atom. The highest BCUT2D eigenvalue weighted by molar-refractivity contribution is 9.10. The maximum absolute atomic E-state index is 12.2. The van der Waals surface area contributed by atoms with Gasteiger partial charge in [0.05, 0.1) is 4.47 Å². The van der Waals surface area contributed by atoms with Crippen LogP contribution in [0.4, 0.5) is 0 Å². The van der Waals surface area contributed by atoms with Gasteiger partial charge in [-0.15, -0.1) is 0 Å². The first-order chi connectivity index (χ1) is 9.08. The van der Waals surface area contributed by atoms with Gasteiger partial charge in [0.25, 0.3) is 0 Å². The first-order valence-electron chi connectivity index (χ1n) is 6.10. The molecule has 0 aromatic heterocycles.